The van der Waals surface area contributed by atoms with Gasteiger partial charge >= 0.3 is 0 Å². The lowest BCUT2D eigenvalue weighted by Crippen LogP contribution is -2.11. The van der Waals surface area contributed by atoms with E-state index in [-0.39, 0.29) is 0 Å². The van der Waals surface area contributed by atoms with Crippen LogP contribution in [-0.2, 0) is 6.42 Å². The van der Waals surface area contributed by atoms with Gasteiger partial charge in [0.2, 0.25) is 0 Å². The van der Waals surface area contributed by atoms with Gasteiger partial charge in [-0.2, -0.15) is 0 Å². The number of nitrogens with zero attached hydrogens (tertiary/aromatic N) is 1. The molecule has 1 aromatic heterocycles. The molecule has 0 aliphatic carbocycles. The van der Waals surface area contributed by atoms with Crippen molar-refractivity contribution in [1.82, 2.24) is 4.98 Å². The Hall–Kier alpha value is -0.710. The first kappa shape index (κ1) is 13.7. The van der Waals surface area contributed by atoms with E-state index in [1.807, 2.05) is 12.1 Å². The van der Waals surface area contributed by atoms with Crippen LogP contribution in [0.4, 0.5) is 0 Å². The largest absolute Gasteiger partial charge is 0.330 e. The van der Waals surface area contributed by atoms with Gasteiger partial charge in [0.1, 0.15) is 0 Å². The van der Waals surface area contributed by atoms with Crippen LogP contribution >= 0.6 is 27.3 Å². The van der Waals surface area contributed by atoms with Crippen LogP contribution in [0.5, 0.6) is 0 Å². The van der Waals surface area contributed by atoms with E-state index in [4.69, 9.17) is 5.73 Å². The van der Waals surface area contributed by atoms with Gasteiger partial charge < -0.3 is 5.73 Å². The number of rotatable bonds is 5. The van der Waals surface area contributed by atoms with E-state index in [1.165, 1.54) is 10.6 Å². The van der Waals surface area contributed by atoms with Crippen LogP contribution in [0.1, 0.15) is 18.4 Å². The Morgan fingerprint density at radius 3 is 2.72 bits per heavy atom. The minimum atomic E-state index is 0.574. The van der Waals surface area contributed by atoms with Gasteiger partial charge in [-0.05, 0) is 37.4 Å². The number of aryl methyl sites for hydroxylation is 1. The molecule has 0 spiro atoms. The van der Waals surface area contributed by atoms with Gasteiger partial charge in [0.15, 0.2) is 0 Å². The van der Waals surface area contributed by atoms with Crippen LogP contribution in [-0.4, -0.2) is 11.5 Å². The Morgan fingerprint density at radius 1 is 1.33 bits per heavy atom. The second-order valence-electron chi connectivity index (χ2n) is 4.51. The number of hydrogen-bond donors (Lipinski definition) is 1. The normalized spacial score (nSPS) is 12.6. The van der Waals surface area contributed by atoms with Gasteiger partial charge in [-0.3, -0.25) is 0 Å². The third kappa shape index (κ3) is 3.64. The fraction of sp³-hybridized carbons (Fsp3) is 0.357. The highest BCUT2D eigenvalue weighted by Gasteiger charge is 2.06. The Balaban J connectivity index is 2.03. The minimum Gasteiger partial charge on any atom is -0.330 e. The van der Waals surface area contributed by atoms with Crippen molar-refractivity contribution in [2.24, 2.45) is 11.7 Å². The first-order valence-corrected chi connectivity index (χ1v) is 7.76. The number of nitrogens with two attached hydrogens (primary N) is 1. The molecule has 0 saturated carbocycles. The molecule has 1 heterocycles. The molecule has 1 atom stereocenters. The standard InChI is InChI=1S/C14H17BrN2S/c1-10(8-16)2-7-14-17-13(9-18-14)11-3-5-12(15)6-4-11/h3-6,9-10H,2,7-8,16H2,1H3. The molecule has 0 saturated heterocycles. The number of halogens is 1. The molecule has 0 aliphatic heterocycles. The van der Waals surface area contributed by atoms with Crippen LogP contribution < -0.4 is 5.73 Å². The highest BCUT2D eigenvalue weighted by molar-refractivity contribution is 9.10. The summed E-state index contributed by atoms with van der Waals surface area (Å²) in [5.74, 6) is 0.574. The van der Waals surface area contributed by atoms with Crippen molar-refractivity contribution in [3.8, 4) is 11.3 Å². The van der Waals surface area contributed by atoms with Crippen LogP contribution in [0.2, 0.25) is 0 Å². The third-order valence-corrected chi connectivity index (χ3v) is 4.38. The van der Waals surface area contributed by atoms with Gasteiger partial charge in [0, 0.05) is 15.4 Å². The summed E-state index contributed by atoms with van der Waals surface area (Å²) in [5.41, 5.74) is 7.87. The van der Waals surface area contributed by atoms with E-state index in [9.17, 15) is 0 Å². The number of hydrogen-bond acceptors (Lipinski definition) is 3. The average Bonchev–Trinajstić information content (AvgIpc) is 2.85. The molecule has 1 aromatic carbocycles. The zero-order valence-electron chi connectivity index (χ0n) is 10.4. The van der Waals surface area contributed by atoms with Crippen molar-refractivity contribution in [2.75, 3.05) is 6.54 Å². The molecule has 18 heavy (non-hydrogen) atoms. The van der Waals surface area contributed by atoms with Gasteiger partial charge in [0.25, 0.3) is 0 Å². The summed E-state index contributed by atoms with van der Waals surface area (Å²) in [7, 11) is 0. The summed E-state index contributed by atoms with van der Waals surface area (Å²) in [5, 5.41) is 3.33. The summed E-state index contributed by atoms with van der Waals surface area (Å²) >= 11 is 5.18. The Bertz CT molecular complexity index is 493. The van der Waals surface area contributed by atoms with Gasteiger partial charge in [-0.25, -0.2) is 4.98 Å². The molecule has 0 radical (unpaired) electrons. The zero-order valence-corrected chi connectivity index (χ0v) is 12.8. The minimum absolute atomic E-state index is 0.574. The molecule has 2 rings (SSSR count). The lowest BCUT2D eigenvalue weighted by Gasteiger charge is -2.05. The molecule has 0 aliphatic rings. The van der Waals surface area contributed by atoms with Crippen LogP contribution in [0.15, 0.2) is 34.1 Å². The van der Waals surface area contributed by atoms with Crippen molar-refractivity contribution in [3.63, 3.8) is 0 Å². The maximum atomic E-state index is 5.63. The van der Waals surface area contributed by atoms with Gasteiger partial charge in [-0.15, -0.1) is 11.3 Å². The molecule has 4 heteroatoms. The molecule has 2 nitrogen and oxygen atoms in total. The molecule has 96 valence electrons. The van der Waals surface area contributed by atoms with Crippen LogP contribution in [0.25, 0.3) is 11.3 Å². The number of benzene rings is 1. The van der Waals surface area contributed by atoms with E-state index >= 15 is 0 Å². The van der Waals surface area contributed by atoms with Crippen molar-refractivity contribution in [1.29, 1.82) is 0 Å². The summed E-state index contributed by atoms with van der Waals surface area (Å²) in [6.07, 6.45) is 2.14. The molecule has 2 N–H and O–H groups in total. The van der Waals surface area contributed by atoms with Crippen molar-refractivity contribution >= 4 is 27.3 Å². The smallest absolute Gasteiger partial charge is 0.0932 e. The van der Waals surface area contributed by atoms with E-state index in [1.54, 1.807) is 11.3 Å². The van der Waals surface area contributed by atoms with E-state index < -0.39 is 0 Å². The van der Waals surface area contributed by atoms with Crippen molar-refractivity contribution < 1.29 is 0 Å². The highest BCUT2D eigenvalue weighted by Crippen LogP contribution is 2.24. The topological polar surface area (TPSA) is 38.9 Å². The predicted octanol–water partition coefficient (Wildman–Crippen LogP) is 4.10. The molecule has 2 aromatic rings. The number of thiazole rings is 1. The molecule has 0 fully saturated rings. The quantitative estimate of drug-likeness (QED) is 0.899. The Kier molecular flexibility index (Phi) is 4.92. The Labute approximate surface area is 120 Å². The lowest BCUT2D eigenvalue weighted by atomic mass is 10.1. The lowest BCUT2D eigenvalue weighted by molar-refractivity contribution is 0.544. The molecule has 0 bridgehead atoms. The summed E-state index contributed by atoms with van der Waals surface area (Å²) in [6.45, 7) is 2.94. The summed E-state index contributed by atoms with van der Waals surface area (Å²) in [6, 6.07) is 8.27. The SMILES string of the molecule is CC(CN)CCc1nc(-c2ccc(Br)cc2)cs1. The van der Waals surface area contributed by atoms with Crippen LogP contribution in [0, 0.1) is 5.92 Å². The first-order chi connectivity index (χ1) is 8.69. The molecule has 1 unspecified atom stereocenters. The number of aromatic nitrogens is 1. The predicted molar refractivity (Wildman–Crippen MR) is 81.8 cm³/mol. The monoisotopic (exact) mass is 324 g/mol. The molecular formula is C14H17BrN2S. The Morgan fingerprint density at radius 2 is 2.06 bits per heavy atom. The van der Waals surface area contributed by atoms with Crippen molar-refractivity contribution in [3.05, 3.63) is 39.1 Å². The van der Waals surface area contributed by atoms with Crippen LogP contribution in [0.3, 0.4) is 0 Å². The fourth-order valence-electron chi connectivity index (χ4n) is 1.67. The van der Waals surface area contributed by atoms with Gasteiger partial charge in [0.05, 0.1) is 10.7 Å². The maximum Gasteiger partial charge on any atom is 0.0932 e. The van der Waals surface area contributed by atoms with E-state index in [2.05, 4.69) is 45.4 Å². The summed E-state index contributed by atoms with van der Waals surface area (Å²) in [4.78, 5) is 4.68. The third-order valence-electron chi connectivity index (χ3n) is 2.95. The van der Waals surface area contributed by atoms with E-state index in [0.717, 1.165) is 29.6 Å². The first-order valence-electron chi connectivity index (χ1n) is 6.09. The zero-order chi connectivity index (χ0) is 13.0. The average molecular weight is 325 g/mol. The molecular weight excluding hydrogens is 308 g/mol. The molecule has 0 amide bonds. The van der Waals surface area contributed by atoms with Crippen molar-refractivity contribution in [2.45, 2.75) is 19.8 Å². The highest BCUT2D eigenvalue weighted by atomic mass is 79.9. The maximum absolute atomic E-state index is 5.63. The van der Waals surface area contributed by atoms with E-state index in [0.29, 0.717) is 5.92 Å². The summed E-state index contributed by atoms with van der Waals surface area (Å²) < 4.78 is 1.10. The second-order valence-corrected chi connectivity index (χ2v) is 6.37. The van der Waals surface area contributed by atoms with Gasteiger partial charge in [-0.1, -0.05) is 35.0 Å². The fourth-order valence-corrected chi connectivity index (χ4v) is 2.75. The second kappa shape index (κ2) is 6.45.